The normalized spacial score (nSPS) is 19.3. The molecule has 3 heteroatoms. The maximum Gasteiger partial charge on any atom is 0.330 e. The Morgan fingerprint density at radius 3 is 3.00 bits per heavy atom. The molecule has 78 valence electrons. The average Bonchev–Trinajstić information content (AvgIpc) is 2.14. The lowest BCUT2D eigenvalue weighted by Crippen LogP contribution is -2.29. The van der Waals surface area contributed by atoms with Crippen molar-refractivity contribution in [1.82, 2.24) is 4.90 Å². The summed E-state index contributed by atoms with van der Waals surface area (Å²) in [4.78, 5) is 12.8. The summed E-state index contributed by atoms with van der Waals surface area (Å²) in [5.74, 6) is -0.825. The van der Waals surface area contributed by atoms with E-state index in [9.17, 15) is 4.79 Å². The van der Waals surface area contributed by atoms with Crippen molar-refractivity contribution >= 4 is 5.97 Å². The second kappa shape index (κ2) is 4.96. The maximum atomic E-state index is 10.5. The minimum absolute atomic E-state index is 0.428. The summed E-state index contributed by atoms with van der Waals surface area (Å²) in [6, 6.07) is 0. The van der Waals surface area contributed by atoms with E-state index >= 15 is 0 Å². The molecule has 3 nitrogen and oxygen atoms in total. The van der Waals surface area contributed by atoms with E-state index in [1.807, 2.05) is 0 Å². The Morgan fingerprint density at radius 1 is 1.71 bits per heavy atom. The molecular weight excluding hydrogens is 178 g/mol. The Labute approximate surface area is 84.7 Å². The molecule has 1 heterocycles. The lowest BCUT2D eigenvalue weighted by Gasteiger charge is -2.24. The number of hydrogen-bond donors (Lipinski definition) is 1. The molecule has 1 N–H and O–H groups in total. The number of rotatable bonds is 3. The highest BCUT2D eigenvalue weighted by Gasteiger charge is 2.08. The summed E-state index contributed by atoms with van der Waals surface area (Å²) < 4.78 is 0. The minimum atomic E-state index is -0.825. The fourth-order valence-corrected chi connectivity index (χ4v) is 1.50. The molecule has 0 saturated carbocycles. The van der Waals surface area contributed by atoms with E-state index in [2.05, 4.69) is 17.9 Å². The van der Waals surface area contributed by atoms with E-state index in [0.29, 0.717) is 5.57 Å². The second-order valence-corrected chi connectivity index (χ2v) is 3.77. The number of carbonyl (C=O) groups is 1. The lowest BCUT2D eigenvalue weighted by molar-refractivity contribution is -0.132. The third kappa shape index (κ3) is 3.34. The number of hydrogen-bond acceptors (Lipinski definition) is 2. The fourth-order valence-electron chi connectivity index (χ4n) is 1.50. The minimum Gasteiger partial charge on any atom is -0.478 e. The molecule has 1 aliphatic rings. The van der Waals surface area contributed by atoms with Gasteiger partial charge in [0, 0.05) is 25.2 Å². The second-order valence-electron chi connectivity index (χ2n) is 3.77. The molecule has 0 atom stereocenters. The fraction of sp³-hybridized carbons (Fsp3) is 0.545. The summed E-state index contributed by atoms with van der Waals surface area (Å²) in [6.45, 7) is 6.47. The van der Waals surface area contributed by atoms with Crippen molar-refractivity contribution in [3.05, 3.63) is 23.3 Å². The Hall–Kier alpha value is -1.09. The SMILES string of the molecule is CC1=CCCN(C/C=C(/C)C(=O)O)C1. The van der Waals surface area contributed by atoms with Gasteiger partial charge in [0.25, 0.3) is 0 Å². The van der Waals surface area contributed by atoms with E-state index in [1.165, 1.54) is 5.57 Å². The molecular formula is C11H17NO2. The lowest BCUT2D eigenvalue weighted by atomic mass is 10.1. The first-order chi connectivity index (χ1) is 6.59. The van der Waals surface area contributed by atoms with E-state index in [4.69, 9.17) is 5.11 Å². The van der Waals surface area contributed by atoms with Gasteiger partial charge in [-0.05, 0) is 20.3 Å². The highest BCUT2D eigenvalue weighted by Crippen LogP contribution is 2.08. The summed E-state index contributed by atoms with van der Waals surface area (Å²) >= 11 is 0. The van der Waals surface area contributed by atoms with Crippen LogP contribution in [-0.4, -0.2) is 35.6 Å². The van der Waals surface area contributed by atoms with Gasteiger partial charge in [0.2, 0.25) is 0 Å². The zero-order valence-electron chi connectivity index (χ0n) is 8.79. The molecule has 0 unspecified atom stereocenters. The molecule has 1 aliphatic heterocycles. The molecule has 0 aromatic heterocycles. The Balaban J connectivity index is 2.43. The van der Waals surface area contributed by atoms with Gasteiger partial charge >= 0.3 is 5.97 Å². The predicted octanol–water partition coefficient (Wildman–Crippen LogP) is 1.67. The molecule has 0 aromatic carbocycles. The Bertz CT molecular complexity index is 279. The van der Waals surface area contributed by atoms with Crippen LogP contribution < -0.4 is 0 Å². The van der Waals surface area contributed by atoms with E-state index in [-0.39, 0.29) is 0 Å². The van der Waals surface area contributed by atoms with Crippen LogP contribution in [0.25, 0.3) is 0 Å². The van der Waals surface area contributed by atoms with Crippen molar-refractivity contribution in [3.63, 3.8) is 0 Å². The van der Waals surface area contributed by atoms with Crippen molar-refractivity contribution in [2.45, 2.75) is 20.3 Å². The highest BCUT2D eigenvalue weighted by atomic mass is 16.4. The first kappa shape index (κ1) is 11.0. The van der Waals surface area contributed by atoms with Gasteiger partial charge in [-0.2, -0.15) is 0 Å². The maximum absolute atomic E-state index is 10.5. The van der Waals surface area contributed by atoms with Gasteiger partial charge in [-0.25, -0.2) is 4.79 Å². The van der Waals surface area contributed by atoms with Gasteiger partial charge in [-0.1, -0.05) is 17.7 Å². The topological polar surface area (TPSA) is 40.5 Å². The summed E-state index contributed by atoms with van der Waals surface area (Å²) in [5.41, 5.74) is 1.80. The summed E-state index contributed by atoms with van der Waals surface area (Å²) in [5, 5.41) is 8.67. The van der Waals surface area contributed by atoms with Crippen molar-refractivity contribution in [2.75, 3.05) is 19.6 Å². The standard InChI is InChI=1S/C11H17NO2/c1-9-4-3-6-12(8-9)7-5-10(2)11(13)14/h4-5H,3,6-8H2,1-2H3,(H,13,14)/b10-5-. The third-order valence-electron chi connectivity index (χ3n) is 2.40. The molecule has 0 aromatic rings. The molecule has 0 fully saturated rings. The molecule has 0 bridgehead atoms. The van der Waals surface area contributed by atoms with Gasteiger partial charge in [-0.15, -0.1) is 0 Å². The molecule has 14 heavy (non-hydrogen) atoms. The predicted molar refractivity (Wildman–Crippen MR) is 56.2 cm³/mol. The van der Waals surface area contributed by atoms with Crippen LogP contribution in [0.1, 0.15) is 20.3 Å². The smallest absolute Gasteiger partial charge is 0.330 e. The Morgan fingerprint density at radius 2 is 2.43 bits per heavy atom. The van der Waals surface area contributed by atoms with E-state index in [1.54, 1.807) is 13.0 Å². The number of carboxylic acid groups (broad SMARTS) is 1. The van der Waals surface area contributed by atoms with Gasteiger partial charge in [0.1, 0.15) is 0 Å². The van der Waals surface area contributed by atoms with Crippen LogP contribution in [0.4, 0.5) is 0 Å². The van der Waals surface area contributed by atoms with Crippen molar-refractivity contribution in [3.8, 4) is 0 Å². The molecule has 0 radical (unpaired) electrons. The number of aliphatic carboxylic acids is 1. The molecule has 0 amide bonds. The quantitative estimate of drug-likeness (QED) is 0.550. The van der Waals surface area contributed by atoms with Gasteiger partial charge in [0.15, 0.2) is 0 Å². The van der Waals surface area contributed by atoms with Crippen LogP contribution in [0.5, 0.6) is 0 Å². The van der Waals surface area contributed by atoms with E-state index < -0.39 is 5.97 Å². The zero-order chi connectivity index (χ0) is 10.6. The van der Waals surface area contributed by atoms with Crippen LogP contribution in [0.3, 0.4) is 0 Å². The average molecular weight is 195 g/mol. The van der Waals surface area contributed by atoms with Crippen LogP contribution in [0.15, 0.2) is 23.3 Å². The molecule has 0 spiro atoms. The number of nitrogens with zero attached hydrogens (tertiary/aromatic N) is 1. The van der Waals surface area contributed by atoms with Crippen LogP contribution in [-0.2, 0) is 4.79 Å². The Kier molecular flexibility index (Phi) is 3.89. The highest BCUT2D eigenvalue weighted by molar-refractivity contribution is 5.85. The van der Waals surface area contributed by atoms with Gasteiger partial charge < -0.3 is 5.11 Å². The molecule has 0 saturated heterocycles. The monoisotopic (exact) mass is 195 g/mol. The number of carboxylic acids is 1. The largest absolute Gasteiger partial charge is 0.478 e. The van der Waals surface area contributed by atoms with Crippen LogP contribution in [0.2, 0.25) is 0 Å². The third-order valence-corrected chi connectivity index (χ3v) is 2.40. The zero-order valence-corrected chi connectivity index (χ0v) is 8.79. The van der Waals surface area contributed by atoms with Gasteiger partial charge in [-0.3, -0.25) is 4.90 Å². The summed E-state index contributed by atoms with van der Waals surface area (Å²) in [7, 11) is 0. The van der Waals surface area contributed by atoms with Gasteiger partial charge in [0.05, 0.1) is 0 Å². The first-order valence-corrected chi connectivity index (χ1v) is 4.87. The van der Waals surface area contributed by atoms with Crippen molar-refractivity contribution in [1.29, 1.82) is 0 Å². The molecule has 1 rings (SSSR count). The van der Waals surface area contributed by atoms with E-state index in [0.717, 1.165) is 26.1 Å². The van der Waals surface area contributed by atoms with Crippen LogP contribution in [0, 0.1) is 0 Å². The first-order valence-electron chi connectivity index (χ1n) is 4.87. The summed E-state index contributed by atoms with van der Waals surface area (Å²) in [6.07, 6.45) is 5.09. The molecule has 0 aliphatic carbocycles. The van der Waals surface area contributed by atoms with Crippen LogP contribution >= 0.6 is 0 Å². The van der Waals surface area contributed by atoms with Crippen molar-refractivity contribution in [2.24, 2.45) is 0 Å². The van der Waals surface area contributed by atoms with Crippen molar-refractivity contribution < 1.29 is 9.90 Å².